The number of hydrogen-bond acceptors (Lipinski definition) is 3. The third kappa shape index (κ3) is 3.45. The van der Waals surface area contributed by atoms with Gasteiger partial charge in [0.1, 0.15) is 0 Å². The van der Waals surface area contributed by atoms with Gasteiger partial charge >= 0.3 is 0 Å². The van der Waals surface area contributed by atoms with Crippen LogP contribution in [0.25, 0.3) is 0 Å². The molecular formula is C14H22N2O. The monoisotopic (exact) mass is 234 g/mol. The lowest BCUT2D eigenvalue weighted by atomic mass is 10.1. The first-order valence-electron chi connectivity index (χ1n) is 6.42. The van der Waals surface area contributed by atoms with Gasteiger partial charge in [-0.1, -0.05) is 19.1 Å². The molecule has 1 saturated heterocycles. The van der Waals surface area contributed by atoms with Gasteiger partial charge in [-0.25, -0.2) is 0 Å². The van der Waals surface area contributed by atoms with Gasteiger partial charge in [-0.2, -0.15) is 0 Å². The molecule has 3 heteroatoms. The Morgan fingerprint density at radius 2 is 2.12 bits per heavy atom. The summed E-state index contributed by atoms with van der Waals surface area (Å²) in [5.74, 6) is 0. The van der Waals surface area contributed by atoms with Crippen LogP contribution in [0.5, 0.6) is 0 Å². The maximum Gasteiger partial charge on any atom is 0.0874 e. The van der Waals surface area contributed by atoms with Crippen molar-refractivity contribution >= 4 is 5.69 Å². The predicted molar refractivity (Wildman–Crippen MR) is 71.7 cm³/mol. The van der Waals surface area contributed by atoms with E-state index in [1.165, 1.54) is 11.3 Å². The highest BCUT2D eigenvalue weighted by Gasteiger charge is 2.15. The lowest BCUT2D eigenvalue weighted by Crippen LogP contribution is -2.44. The fourth-order valence-corrected chi connectivity index (χ4v) is 2.13. The van der Waals surface area contributed by atoms with Crippen LogP contribution in [0.15, 0.2) is 24.3 Å². The summed E-state index contributed by atoms with van der Waals surface area (Å²) in [6.07, 6.45) is 1.40. The minimum atomic E-state index is 0.305. The van der Waals surface area contributed by atoms with Crippen LogP contribution in [-0.2, 0) is 11.2 Å². The van der Waals surface area contributed by atoms with Crippen molar-refractivity contribution in [2.24, 2.45) is 0 Å². The highest BCUT2D eigenvalue weighted by atomic mass is 16.5. The zero-order chi connectivity index (χ0) is 12.1. The van der Waals surface area contributed by atoms with Crippen molar-refractivity contribution in [1.82, 2.24) is 5.32 Å². The van der Waals surface area contributed by atoms with Crippen LogP contribution in [0.2, 0.25) is 0 Å². The Bertz CT molecular complexity index is 331. The Hall–Kier alpha value is -1.06. The summed E-state index contributed by atoms with van der Waals surface area (Å²) >= 11 is 0. The van der Waals surface area contributed by atoms with E-state index in [0.717, 1.165) is 32.7 Å². The van der Waals surface area contributed by atoms with Crippen LogP contribution < -0.4 is 10.2 Å². The van der Waals surface area contributed by atoms with Crippen molar-refractivity contribution in [3.63, 3.8) is 0 Å². The molecular weight excluding hydrogens is 212 g/mol. The number of nitrogens with one attached hydrogen (secondary N) is 1. The van der Waals surface area contributed by atoms with Gasteiger partial charge in [-0.3, -0.25) is 0 Å². The van der Waals surface area contributed by atoms with E-state index in [4.69, 9.17) is 4.74 Å². The van der Waals surface area contributed by atoms with Crippen LogP contribution in [0.4, 0.5) is 5.69 Å². The largest absolute Gasteiger partial charge is 0.374 e. The summed E-state index contributed by atoms with van der Waals surface area (Å²) in [6, 6.07) is 8.78. The van der Waals surface area contributed by atoms with Crippen molar-refractivity contribution in [3.8, 4) is 0 Å². The highest BCUT2D eigenvalue weighted by Crippen LogP contribution is 2.15. The first-order chi connectivity index (χ1) is 8.29. The molecule has 0 aromatic heterocycles. The fourth-order valence-electron chi connectivity index (χ4n) is 2.13. The molecule has 1 aromatic carbocycles. The standard InChI is InChI=1S/C14H22N2O/c1-3-12-4-6-13(7-5-12)16(2)11-14-10-15-8-9-17-14/h4-7,14-15H,3,8-11H2,1-2H3. The van der Waals surface area contributed by atoms with Gasteiger partial charge in [0, 0.05) is 32.4 Å². The van der Waals surface area contributed by atoms with E-state index in [0.29, 0.717) is 6.10 Å². The van der Waals surface area contributed by atoms with Crippen molar-refractivity contribution in [3.05, 3.63) is 29.8 Å². The maximum absolute atomic E-state index is 5.71. The van der Waals surface area contributed by atoms with Gasteiger partial charge in [0.25, 0.3) is 0 Å². The van der Waals surface area contributed by atoms with Crippen LogP contribution in [0.3, 0.4) is 0 Å². The van der Waals surface area contributed by atoms with Gasteiger partial charge in [-0.05, 0) is 24.1 Å². The number of likely N-dealkylation sites (N-methyl/N-ethyl adjacent to an activating group) is 1. The van der Waals surface area contributed by atoms with E-state index in [1.54, 1.807) is 0 Å². The predicted octanol–water partition coefficient (Wildman–Crippen LogP) is 1.67. The SMILES string of the molecule is CCc1ccc(N(C)CC2CNCCO2)cc1. The molecule has 0 bridgehead atoms. The molecule has 2 rings (SSSR count). The Morgan fingerprint density at radius 1 is 1.35 bits per heavy atom. The van der Waals surface area contributed by atoms with Gasteiger partial charge in [0.05, 0.1) is 12.7 Å². The molecule has 94 valence electrons. The number of aryl methyl sites for hydroxylation is 1. The summed E-state index contributed by atoms with van der Waals surface area (Å²) < 4.78 is 5.71. The topological polar surface area (TPSA) is 24.5 Å². The van der Waals surface area contributed by atoms with E-state index in [1.807, 2.05) is 0 Å². The molecule has 1 heterocycles. The minimum absolute atomic E-state index is 0.305. The Balaban J connectivity index is 1.91. The van der Waals surface area contributed by atoms with Crippen molar-refractivity contribution in [2.75, 3.05) is 38.2 Å². The van der Waals surface area contributed by atoms with Crippen LogP contribution in [0, 0.1) is 0 Å². The molecule has 1 atom stereocenters. The molecule has 17 heavy (non-hydrogen) atoms. The van der Waals surface area contributed by atoms with E-state index in [9.17, 15) is 0 Å². The average Bonchev–Trinajstić information content (AvgIpc) is 2.40. The zero-order valence-corrected chi connectivity index (χ0v) is 10.8. The second-order valence-electron chi connectivity index (χ2n) is 4.60. The second kappa shape index (κ2) is 6.03. The van der Waals surface area contributed by atoms with E-state index in [-0.39, 0.29) is 0 Å². The summed E-state index contributed by atoms with van der Waals surface area (Å²) in [4.78, 5) is 2.26. The first-order valence-corrected chi connectivity index (χ1v) is 6.42. The first kappa shape index (κ1) is 12.4. The smallest absolute Gasteiger partial charge is 0.0874 e. The van der Waals surface area contributed by atoms with Crippen molar-refractivity contribution in [2.45, 2.75) is 19.4 Å². The van der Waals surface area contributed by atoms with Crippen LogP contribution >= 0.6 is 0 Å². The van der Waals surface area contributed by atoms with E-state index < -0.39 is 0 Å². The molecule has 0 saturated carbocycles. The minimum Gasteiger partial charge on any atom is -0.374 e. The number of anilines is 1. The Morgan fingerprint density at radius 3 is 2.71 bits per heavy atom. The number of rotatable bonds is 4. The quantitative estimate of drug-likeness (QED) is 0.857. The van der Waals surface area contributed by atoms with Crippen molar-refractivity contribution < 1.29 is 4.74 Å². The molecule has 1 aliphatic rings. The molecule has 0 aliphatic carbocycles. The molecule has 1 aromatic rings. The summed E-state index contributed by atoms with van der Waals surface area (Å²) in [5.41, 5.74) is 2.65. The van der Waals surface area contributed by atoms with E-state index >= 15 is 0 Å². The normalized spacial score (nSPS) is 20.2. The third-order valence-corrected chi connectivity index (χ3v) is 3.27. The molecule has 1 fully saturated rings. The Kier molecular flexibility index (Phi) is 4.40. The zero-order valence-electron chi connectivity index (χ0n) is 10.8. The van der Waals surface area contributed by atoms with Gasteiger partial charge < -0.3 is 15.0 Å². The molecule has 1 unspecified atom stereocenters. The molecule has 1 aliphatic heterocycles. The number of benzene rings is 1. The molecule has 1 N–H and O–H groups in total. The summed E-state index contributed by atoms with van der Waals surface area (Å²) in [5, 5.41) is 3.36. The summed E-state index contributed by atoms with van der Waals surface area (Å²) in [6.45, 7) is 5.88. The summed E-state index contributed by atoms with van der Waals surface area (Å²) in [7, 11) is 2.12. The number of morpholine rings is 1. The van der Waals surface area contributed by atoms with Crippen molar-refractivity contribution in [1.29, 1.82) is 0 Å². The maximum atomic E-state index is 5.71. The van der Waals surface area contributed by atoms with Gasteiger partial charge in [-0.15, -0.1) is 0 Å². The highest BCUT2D eigenvalue weighted by molar-refractivity contribution is 5.47. The van der Waals surface area contributed by atoms with E-state index in [2.05, 4.69) is 48.5 Å². The lowest BCUT2D eigenvalue weighted by Gasteiger charge is -2.29. The number of ether oxygens (including phenoxy) is 1. The van der Waals surface area contributed by atoms with Crippen LogP contribution in [-0.4, -0.2) is 39.4 Å². The lowest BCUT2D eigenvalue weighted by molar-refractivity contribution is 0.0340. The molecule has 0 radical (unpaired) electrons. The second-order valence-corrected chi connectivity index (χ2v) is 4.60. The number of hydrogen-bond donors (Lipinski definition) is 1. The Labute approximate surface area is 104 Å². The fraction of sp³-hybridized carbons (Fsp3) is 0.571. The third-order valence-electron chi connectivity index (χ3n) is 3.27. The molecule has 3 nitrogen and oxygen atoms in total. The van der Waals surface area contributed by atoms with Crippen LogP contribution in [0.1, 0.15) is 12.5 Å². The van der Waals surface area contributed by atoms with Gasteiger partial charge in [0.15, 0.2) is 0 Å². The molecule has 0 amide bonds. The number of nitrogens with zero attached hydrogens (tertiary/aromatic N) is 1. The molecule has 0 spiro atoms. The van der Waals surface area contributed by atoms with Gasteiger partial charge in [0.2, 0.25) is 0 Å². The average molecular weight is 234 g/mol.